The van der Waals surface area contributed by atoms with E-state index in [0.717, 1.165) is 29.4 Å². The summed E-state index contributed by atoms with van der Waals surface area (Å²) in [5.74, 6) is -0.809. The molecule has 202 valence electrons. The topological polar surface area (TPSA) is 109 Å². The number of likely N-dealkylation sites (tertiary alicyclic amines) is 2. The highest BCUT2D eigenvalue weighted by molar-refractivity contribution is 6.11. The highest BCUT2D eigenvalue weighted by atomic mass is 16.6. The second kappa shape index (κ2) is 9.57. The molecule has 1 amide bonds. The molecule has 5 aliphatic rings. The zero-order valence-corrected chi connectivity index (χ0v) is 21.7. The predicted octanol–water partition coefficient (Wildman–Crippen LogP) is 3.04. The summed E-state index contributed by atoms with van der Waals surface area (Å²) in [5, 5.41) is 11.1. The molecule has 4 heterocycles. The van der Waals surface area contributed by atoms with Gasteiger partial charge in [0.25, 0.3) is 0 Å². The Morgan fingerprint density at radius 1 is 1.05 bits per heavy atom. The molecule has 0 bridgehead atoms. The van der Waals surface area contributed by atoms with Crippen LogP contribution in [0.4, 0.5) is 4.79 Å². The highest BCUT2D eigenvalue weighted by Gasteiger charge is 2.43. The number of esters is 1. The fraction of sp³-hybridized carbons (Fsp3) is 0.467. The van der Waals surface area contributed by atoms with E-state index in [-0.39, 0.29) is 18.5 Å². The fourth-order valence-electron chi connectivity index (χ4n) is 6.78. The van der Waals surface area contributed by atoms with Gasteiger partial charge in [0.1, 0.15) is 12.4 Å². The number of Topliss-reactive ketones (excluding diaryl/α,β-unsaturated/α-hetero) is 1. The van der Waals surface area contributed by atoms with E-state index in [9.17, 15) is 19.5 Å². The number of aliphatic hydroxyl groups excluding tert-OH is 1. The first-order valence-electron chi connectivity index (χ1n) is 13.9. The maximum atomic E-state index is 13.2. The number of hydrogen-bond donors (Lipinski definition) is 1. The van der Waals surface area contributed by atoms with Crippen molar-refractivity contribution in [2.45, 2.75) is 50.7 Å². The van der Waals surface area contributed by atoms with Gasteiger partial charge in [0.05, 0.1) is 17.1 Å². The van der Waals surface area contributed by atoms with Crippen molar-refractivity contribution < 1.29 is 29.0 Å². The highest BCUT2D eigenvalue weighted by Crippen LogP contribution is 2.44. The summed E-state index contributed by atoms with van der Waals surface area (Å²) in [7, 11) is 0. The number of carbonyl (C=O) groups is 3. The van der Waals surface area contributed by atoms with Gasteiger partial charge in [0.2, 0.25) is 0 Å². The van der Waals surface area contributed by atoms with E-state index in [1.54, 1.807) is 17.0 Å². The van der Waals surface area contributed by atoms with E-state index in [1.165, 1.54) is 32.4 Å². The summed E-state index contributed by atoms with van der Waals surface area (Å²) in [6, 6.07) is 7.93. The quantitative estimate of drug-likeness (QED) is 0.592. The second-order valence-electron chi connectivity index (χ2n) is 11.2. The minimum absolute atomic E-state index is 0.110. The molecule has 9 nitrogen and oxygen atoms in total. The van der Waals surface area contributed by atoms with Crippen LogP contribution < -0.4 is 4.74 Å². The lowest BCUT2D eigenvalue weighted by molar-refractivity contribution is -0.152. The Balaban J connectivity index is 1.07. The van der Waals surface area contributed by atoms with Crippen molar-refractivity contribution in [3.63, 3.8) is 0 Å². The van der Waals surface area contributed by atoms with E-state index in [0.29, 0.717) is 53.7 Å². The lowest BCUT2D eigenvalue weighted by Gasteiger charge is -2.39. The van der Waals surface area contributed by atoms with Crippen LogP contribution in [0, 0.1) is 5.92 Å². The Bertz CT molecular complexity index is 1450. The van der Waals surface area contributed by atoms with Gasteiger partial charge < -0.3 is 24.4 Å². The SMILES string of the molecule is O=C1OCC2=C(C=C3c4nc5ccc(OC(=O)N6CCC(N7CCCCC7)CC6)cc5cc4CC3C2=O)C1O. The van der Waals surface area contributed by atoms with Crippen molar-refractivity contribution >= 4 is 34.3 Å². The molecule has 2 atom stereocenters. The standard InChI is InChI=1S/C30H31N3O6/c34-27-22-14-18-12-17-13-20(39-30(37)33-10-6-19(7-11-33)32-8-2-1-3-9-32)4-5-25(17)31-26(18)21(22)15-23-24(27)16-38-29(36)28(23)35/h4-5,12-13,15,19,22,28,35H,1-3,6-11,14,16H2. The van der Waals surface area contributed by atoms with Crippen LogP contribution in [0.5, 0.6) is 5.75 Å². The molecule has 2 unspecified atom stereocenters. The first kappa shape index (κ1) is 24.5. The van der Waals surface area contributed by atoms with Crippen LogP contribution in [0.3, 0.4) is 0 Å². The molecular weight excluding hydrogens is 498 g/mol. The Hall–Kier alpha value is -3.56. The van der Waals surface area contributed by atoms with Crippen LogP contribution in [-0.2, 0) is 20.7 Å². The molecule has 9 heteroatoms. The molecular formula is C30H31N3O6. The summed E-state index contributed by atoms with van der Waals surface area (Å²) in [4.78, 5) is 47.2. The summed E-state index contributed by atoms with van der Waals surface area (Å²) in [6.07, 6.45) is 6.27. The van der Waals surface area contributed by atoms with Crippen molar-refractivity contribution in [1.29, 1.82) is 0 Å². The molecule has 0 spiro atoms. The molecule has 1 aromatic heterocycles. The number of aliphatic hydroxyl groups is 1. The summed E-state index contributed by atoms with van der Waals surface area (Å²) < 4.78 is 10.7. The second-order valence-corrected chi connectivity index (χ2v) is 11.2. The van der Waals surface area contributed by atoms with Crippen LogP contribution >= 0.6 is 0 Å². The number of ether oxygens (including phenoxy) is 2. The molecule has 2 saturated heterocycles. The number of piperidine rings is 2. The molecule has 2 aromatic rings. The van der Waals surface area contributed by atoms with Gasteiger partial charge >= 0.3 is 12.1 Å². The summed E-state index contributed by atoms with van der Waals surface area (Å²) in [5.41, 5.74) is 3.75. The number of amides is 1. The normalized spacial score (nSPS) is 25.7. The minimum atomic E-state index is -1.46. The number of nitrogens with zero attached hydrogens (tertiary/aromatic N) is 3. The van der Waals surface area contributed by atoms with E-state index < -0.39 is 18.0 Å². The number of carbonyl (C=O) groups excluding carboxylic acids is 3. The fourth-order valence-corrected chi connectivity index (χ4v) is 6.78. The van der Waals surface area contributed by atoms with Gasteiger partial charge in [-0.05, 0) is 86.7 Å². The Kier molecular flexibility index (Phi) is 6.01. The van der Waals surface area contributed by atoms with E-state index >= 15 is 0 Å². The zero-order valence-electron chi connectivity index (χ0n) is 21.7. The molecule has 7 rings (SSSR count). The average molecular weight is 530 g/mol. The number of aromatic nitrogens is 1. The number of allylic oxidation sites excluding steroid dienone is 1. The van der Waals surface area contributed by atoms with E-state index in [4.69, 9.17) is 14.5 Å². The average Bonchev–Trinajstić information content (AvgIpc) is 3.32. The first-order valence-corrected chi connectivity index (χ1v) is 13.9. The van der Waals surface area contributed by atoms with E-state index in [2.05, 4.69) is 4.90 Å². The van der Waals surface area contributed by atoms with Gasteiger partial charge in [0.15, 0.2) is 11.9 Å². The lowest BCUT2D eigenvalue weighted by Crippen LogP contribution is -2.48. The van der Waals surface area contributed by atoms with Crippen LogP contribution in [0.1, 0.15) is 43.4 Å². The van der Waals surface area contributed by atoms with Gasteiger partial charge in [-0.3, -0.25) is 4.79 Å². The third-order valence-electron chi connectivity index (χ3n) is 8.92. The number of ketones is 1. The molecule has 2 fully saturated rings. The molecule has 0 saturated carbocycles. The number of cyclic esters (lactones) is 1. The molecule has 3 aliphatic heterocycles. The van der Waals surface area contributed by atoms with Crippen LogP contribution in [0.2, 0.25) is 0 Å². The van der Waals surface area contributed by atoms with Crippen molar-refractivity contribution in [1.82, 2.24) is 14.8 Å². The van der Waals surface area contributed by atoms with Crippen molar-refractivity contribution in [3.8, 4) is 5.75 Å². The van der Waals surface area contributed by atoms with Crippen molar-refractivity contribution in [3.05, 3.63) is 52.7 Å². The van der Waals surface area contributed by atoms with Gasteiger partial charge in [-0.25, -0.2) is 14.6 Å². The zero-order chi connectivity index (χ0) is 26.7. The van der Waals surface area contributed by atoms with E-state index in [1.807, 2.05) is 18.2 Å². The van der Waals surface area contributed by atoms with Crippen molar-refractivity contribution in [2.75, 3.05) is 32.8 Å². The minimum Gasteiger partial charge on any atom is -0.458 e. The molecule has 1 aromatic carbocycles. The maximum absolute atomic E-state index is 13.2. The Labute approximate surface area is 226 Å². The smallest absolute Gasteiger partial charge is 0.415 e. The Morgan fingerprint density at radius 3 is 2.64 bits per heavy atom. The lowest BCUT2D eigenvalue weighted by atomic mass is 9.81. The number of fused-ring (bicyclic) bond motifs is 4. The maximum Gasteiger partial charge on any atom is 0.415 e. The molecule has 1 N–H and O–H groups in total. The van der Waals surface area contributed by atoms with Crippen LogP contribution in [0.25, 0.3) is 16.5 Å². The monoisotopic (exact) mass is 529 g/mol. The van der Waals surface area contributed by atoms with Gasteiger partial charge in [-0.15, -0.1) is 0 Å². The van der Waals surface area contributed by atoms with Gasteiger partial charge in [-0.2, -0.15) is 0 Å². The first-order chi connectivity index (χ1) is 19.0. The van der Waals surface area contributed by atoms with Crippen LogP contribution in [-0.4, -0.2) is 82.7 Å². The molecule has 39 heavy (non-hydrogen) atoms. The van der Waals surface area contributed by atoms with Crippen LogP contribution in [0.15, 0.2) is 41.5 Å². The third-order valence-corrected chi connectivity index (χ3v) is 8.92. The van der Waals surface area contributed by atoms with Crippen molar-refractivity contribution in [2.24, 2.45) is 5.92 Å². The number of benzene rings is 1. The molecule has 2 aliphatic carbocycles. The summed E-state index contributed by atoms with van der Waals surface area (Å²) >= 11 is 0. The summed E-state index contributed by atoms with van der Waals surface area (Å²) in [6.45, 7) is 3.64. The Morgan fingerprint density at radius 2 is 1.85 bits per heavy atom. The largest absolute Gasteiger partial charge is 0.458 e. The third kappa shape index (κ3) is 4.24. The van der Waals surface area contributed by atoms with Gasteiger partial charge in [0, 0.05) is 35.7 Å². The predicted molar refractivity (Wildman–Crippen MR) is 142 cm³/mol. The van der Waals surface area contributed by atoms with Gasteiger partial charge in [-0.1, -0.05) is 6.42 Å². The number of hydrogen-bond acceptors (Lipinski definition) is 8. The molecule has 0 radical (unpaired) electrons. The number of pyridine rings is 1. The number of rotatable bonds is 2.